The lowest BCUT2D eigenvalue weighted by Crippen LogP contribution is -2.24. The van der Waals surface area contributed by atoms with Gasteiger partial charge in [-0.15, -0.1) is 0 Å². The van der Waals surface area contributed by atoms with Crippen LogP contribution in [0.1, 0.15) is 60.4 Å². The third kappa shape index (κ3) is 4.59. The number of phenols is 2. The number of amides is 1. The minimum Gasteiger partial charge on any atom is -0.508 e. The number of rotatable bonds is 6. The molecule has 1 amide bonds. The average Bonchev–Trinajstić information content (AvgIpc) is 3.08. The van der Waals surface area contributed by atoms with E-state index >= 15 is 0 Å². The fourth-order valence-electron chi connectivity index (χ4n) is 4.29. The molecule has 0 saturated heterocycles. The number of aromatic nitrogens is 1. The van der Waals surface area contributed by atoms with Crippen LogP contribution < -0.4 is 10.6 Å². The fraction of sp³-hybridized carbons (Fsp3) is 0.385. The minimum atomic E-state index is -0.343. The van der Waals surface area contributed by atoms with Crippen molar-refractivity contribution in [1.29, 1.82) is 0 Å². The fourth-order valence-corrected chi connectivity index (χ4v) is 4.29. The van der Waals surface area contributed by atoms with Gasteiger partial charge < -0.3 is 25.4 Å². The number of carbonyl (C=O) groups is 1. The Morgan fingerprint density at radius 2 is 1.88 bits per heavy atom. The summed E-state index contributed by atoms with van der Waals surface area (Å²) in [6, 6.07) is 9.21. The maximum absolute atomic E-state index is 12.9. The lowest BCUT2D eigenvalue weighted by atomic mass is 9.91. The summed E-state index contributed by atoms with van der Waals surface area (Å²) in [5, 5.41) is 31.5. The van der Waals surface area contributed by atoms with Crippen LogP contribution >= 0.6 is 0 Å². The molecule has 7 heteroatoms. The Morgan fingerprint density at radius 1 is 1.12 bits per heavy atom. The van der Waals surface area contributed by atoms with Gasteiger partial charge >= 0.3 is 0 Å². The predicted molar refractivity (Wildman–Crippen MR) is 128 cm³/mol. The summed E-state index contributed by atoms with van der Waals surface area (Å²) >= 11 is 0. The normalized spacial score (nSPS) is 13.6. The van der Waals surface area contributed by atoms with Crippen molar-refractivity contribution in [2.45, 2.75) is 46.0 Å². The quantitative estimate of drug-likeness (QED) is 0.445. The smallest absolute Gasteiger partial charge is 0.290 e. The van der Waals surface area contributed by atoms with Crippen LogP contribution in [0, 0.1) is 0 Å². The van der Waals surface area contributed by atoms with Crippen LogP contribution in [0.25, 0.3) is 22.4 Å². The number of phenolic OH excluding ortho intramolecular Hbond substituents is 2. The first-order valence-corrected chi connectivity index (χ1v) is 11.6. The van der Waals surface area contributed by atoms with Crippen LogP contribution in [0.5, 0.6) is 11.5 Å². The third-order valence-corrected chi connectivity index (χ3v) is 6.09. The highest BCUT2D eigenvalue weighted by Crippen LogP contribution is 2.42. The lowest BCUT2D eigenvalue weighted by molar-refractivity contribution is 0.0918. The van der Waals surface area contributed by atoms with Gasteiger partial charge in [-0.1, -0.05) is 44.1 Å². The molecule has 1 aliphatic heterocycles. The molecule has 1 aliphatic rings. The van der Waals surface area contributed by atoms with E-state index in [4.69, 9.17) is 4.52 Å². The van der Waals surface area contributed by atoms with Gasteiger partial charge in [0, 0.05) is 18.2 Å². The van der Waals surface area contributed by atoms with E-state index in [2.05, 4.69) is 27.9 Å². The minimum absolute atomic E-state index is 0.0229. The Bertz CT molecular complexity index is 1170. The van der Waals surface area contributed by atoms with E-state index in [9.17, 15) is 15.0 Å². The van der Waals surface area contributed by atoms with Gasteiger partial charge in [-0.05, 0) is 66.6 Å². The molecular weight excluding hydrogens is 418 g/mol. The molecule has 0 atom stereocenters. The maximum atomic E-state index is 12.9. The standard InChI is InChI=1S/C26H31N3O4/c1-4-9-28-26(32)25-23(18-6-5-16-7-10-27-11-8-17(16)12-18)24(29-33-25)20-13-19(15(2)3)21(30)14-22(20)31/h5-6,12-15,27,30-31H,4,7-11H2,1-3H3,(H,28,32). The molecule has 2 aromatic carbocycles. The average molecular weight is 450 g/mol. The molecule has 0 bridgehead atoms. The Hall–Kier alpha value is -3.32. The van der Waals surface area contributed by atoms with Gasteiger partial charge in [-0.25, -0.2) is 0 Å². The second-order valence-electron chi connectivity index (χ2n) is 8.81. The molecule has 33 heavy (non-hydrogen) atoms. The topological polar surface area (TPSA) is 108 Å². The van der Waals surface area contributed by atoms with Gasteiger partial charge in [-0.3, -0.25) is 4.79 Å². The van der Waals surface area contributed by atoms with Crippen molar-refractivity contribution >= 4 is 5.91 Å². The Kier molecular flexibility index (Phi) is 6.70. The van der Waals surface area contributed by atoms with E-state index in [0.717, 1.165) is 37.9 Å². The van der Waals surface area contributed by atoms with E-state index in [-0.39, 0.29) is 29.1 Å². The number of nitrogens with one attached hydrogen (secondary N) is 2. The van der Waals surface area contributed by atoms with Gasteiger partial charge in [0.1, 0.15) is 17.2 Å². The number of benzene rings is 2. The van der Waals surface area contributed by atoms with Gasteiger partial charge in [-0.2, -0.15) is 0 Å². The molecule has 0 saturated carbocycles. The van der Waals surface area contributed by atoms with E-state index in [0.29, 0.717) is 28.9 Å². The summed E-state index contributed by atoms with van der Waals surface area (Å²) < 4.78 is 5.57. The van der Waals surface area contributed by atoms with E-state index < -0.39 is 0 Å². The summed E-state index contributed by atoms with van der Waals surface area (Å²) in [5.74, 6) is -0.291. The first-order valence-electron chi connectivity index (χ1n) is 11.6. The molecule has 1 aromatic heterocycles. The number of aromatic hydroxyl groups is 2. The van der Waals surface area contributed by atoms with Crippen LogP contribution in [-0.2, 0) is 12.8 Å². The summed E-state index contributed by atoms with van der Waals surface area (Å²) in [5.41, 5.74) is 5.34. The zero-order chi connectivity index (χ0) is 23.5. The number of fused-ring (bicyclic) bond motifs is 1. The van der Waals surface area contributed by atoms with Crippen LogP contribution in [0.3, 0.4) is 0 Å². The molecule has 4 N–H and O–H groups in total. The van der Waals surface area contributed by atoms with Crippen LogP contribution in [0.2, 0.25) is 0 Å². The van der Waals surface area contributed by atoms with Crippen molar-refractivity contribution in [2.24, 2.45) is 0 Å². The van der Waals surface area contributed by atoms with Crippen molar-refractivity contribution in [3.63, 3.8) is 0 Å². The van der Waals surface area contributed by atoms with Gasteiger partial charge in [0.05, 0.1) is 5.56 Å². The summed E-state index contributed by atoms with van der Waals surface area (Å²) in [6.45, 7) is 8.26. The second-order valence-corrected chi connectivity index (χ2v) is 8.81. The van der Waals surface area contributed by atoms with Crippen LogP contribution in [0.15, 0.2) is 34.9 Å². The second kappa shape index (κ2) is 9.67. The third-order valence-electron chi connectivity index (χ3n) is 6.09. The van der Waals surface area contributed by atoms with Crippen molar-refractivity contribution in [3.8, 4) is 33.9 Å². The molecule has 7 nitrogen and oxygen atoms in total. The molecule has 2 heterocycles. The molecule has 3 aromatic rings. The number of hydrogen-bond acceptors (Lipinski definition) is 6. The van der Waals surface area contributed by atoms with Crippen molar-refractivity contribution in [2.75, 3.05) is 19.6 Å². The Morgan fingerprint density at radius 3 is 2.61 bits per heavy atom. The van der Waals surface area contributed by atoms with Crippen molar-refractivity contribution in [1.82, 2.24) is 15.8 Å². The van der Waals surface area contributed by atoms with Crippen molar-refractivity contribution in [3.05, 3.63) is 52.8 Å². The monoisotopic (exact) mass is 449 g/mol. The lowest BCUT2D eigenvalue weighted by Gasteiger charge is -2.13. The SMILES string of the molecule is CCCNC(=O)c1onc(-c2cc(C(C)C)c(O)cc2O)c1-c1ccc2c(c1)CCNCC2. The summed E-state index contributed by atoms with van der Waals surface area (Å²) in [6.07, 6.45) is 2.64. The Balaban J connectivity index is 1.90. The molecule has 174 valence electrons. The van der Waals surface area contributed by atoms with E-state index in [1.807, 2.05) is 26.8 Å². The van der Waals surface area contributed by atoms with Crippen LogP contribution in [0.4, 0.5) is 0 Å². The zero-order valence-corrected chi connectivity index (χ0v) is 19.4. The number of carbonyl (C=O) groups excluding carboxylic acids is 1. The summed E-state index contributed by atoms with van der Waals surface area (Å²) in [4.78, 5) is 12.9. The maximum Gasteiger partial charge on any atom is 0.290 e. The van der Waals surface area contributed by atoms with Crippen LogP contribution in [-0.4, -0.2) is 40.9 Å². The van der Waals surface area contributed by atoms with Gasteiger partial charge in [0.25, 0.3) is 5.91 Å². The molecule has 4 rings (SSSR count). The highest BCUT2D eigenvalue weighted by molar-refractivity contribution is 6.02. The molecular formula is C26H31N3O4. The molecule has 0 aliphatic carbocycles. The highest BCUT2D eigenvalue weighted by atomic mass is 16.5. The van der Waals surface area contributed by atoms with Gasteiger partial charge in [0.2, 0.25) is 5.76 Å². The molecule has 0 spiro atoms. The number of nitrogens with zero attached hydrogens (tertiary/aromatic N) is 1. The van der Waals surface area contributed by atoms with E-state index in [1.54, 1.807) is 6.07 Å². The first-order chi connectivity index (χ1) is 15.9. The first kappa shape index (κ1) is 22.9. The number of hydrogen-bond donors (Lipinski definition) is 4. The largest absolute Gasteiger partial charge is 0.508 e. The highest BCUT2D eigenvalue weighted by Gasteiger charge is 2.27. The predicted octanol–water partition coefficient (Wildman–Crippen LogP) is 4.37. The molecule has 0 radical (unpaired) electrons. The van der Waals surface area contributed by atoms with E-state index in [1.165, 1.54) is 17.2 Å². The zero-order valence-electron chi connectivity index (χ0n) is 19.4. The Labute approximate surface area is 193 Å². The molecule has 0 fully saturated rings. The molecule has 0 unspecified atom stereocenters. The summed E-state index contributed by atoms with van der Waals surface area (Å²) in [7, 11) is 0. The van der Waals surface area contributed by atoms with Gasteiger partial charge in [0.15, 0.2) is 0 Å². The van der Waals surface area contributed by atoms with Crippen molar-refractivity contribution < 1.29 is 19.5 Å².